The SMILES string of the molecule is CCCOc1ccc(Nc2nc(SC)ncc2C(=O)OCC)cc1.Cl. The van der Waals surface area contributed by atoms with Gasteiger partial charge < -0.3 is 14.8 Å². The lowest BCUT2D eigenvalue weighted by molar-refractivity contribution is 0.0526. The van der Waals surface area contributed by atoms with Crippen LogP contribution in [0.1, 0.15) is 30.6 Å². The van der Waals surface area contributed by atoms with Crippen LogP contribution in [-0.2, 0) is 4.74 Å². The van der Waals surface area contributed by atoms with Gasteiger partial charge in [0.15, 0.2) is 5.16 Å². The fourth-order valence-electron chi connectivity index (χ4n) is 1.91. The van der Waals surface area contributed by atoms with Gasteiger partial charge in [0.25, 0.3) is 0 Å². The van der Waals surface area contributed by atoms with E-state index in [4.69, 9.17) is 9.47 Å². The maximum Gasteiger partial charge on any atom is 0.343 e. The first-order valence-electron chi connectivity index (χ1n) is 7.76. The first-order valence-corrected chi connectivity index (χ1v) is 8.98. The number of esters is 1. The lowest BCUT2D eigenvalue weighted by Gasteiger charge is -2.12. The predicted octanol–water partition coefficient (Wildman–Crippen LogP) is 4.33. The van der Waals surface area contributed by atoms with Crippen LogP contribution in [0.5, 0.6) is 5.75 Å². The van der Waals surface area contributed by atoms with E-state index in [-0.39, 0.29) is 12.4 Å². The number of aromatic nitrogens is 2. The van der Waals surface area contributed by atoms with Crippen molar-refractivity contribution in [1.82, 2.24) is 9.97 Å². The second-order valence-corrected chi connectivity index (χ2v) is 5.61. The van der Waals surface area contributed by atoms with Gasteiger partial charge >= 0.3 is 5.97 Å². The van der Waals surface area contributed by atoms with Crippen LogP contribution in [-0.4, -0.2) is 35.4 Å². The maximum atomic E-state index is 12.1. The normalized spacial score (nSPS) is 9.88. The molecule has 0 fully saturated rings. The van der Waals surface area contributed by atoms with E-state index in [9.17, 15) is 4.79 Å². The van der Waals surface area contributed by atoms with Crippen LogP contribution in [0.15, 0.2) is 35.6 Å². The fraction of sp³-hybridized carbons (Fsp3) is 0.353. The molecule has 0 amide bonds. The molecule has 1 N–H and O–H groups in total. The quantitative estimate of drug-likeness (QED) is 0.413. The van der Waals surface area contributed by atoms with Crippen molar-refractivity contribution in [1.29, 1.82) is 0 Å². The van der Waals surface area contributed by atoms with Crippen LogP contribution in [0.2, 0.25) is 0 Å². The van der Waals surface area contributed by atoms with Crippen molar-refractivity contribution < 1.29 is 14.3 Å². The number of nitrogens with zero attached hydrogens (tertiary/aromatic N) is 2. The van der Waals surface area contributed by atoms with Crippen molar-refractivity contribution in [3.8, 4) is 5.75 Å². The molecule has 8 heteroatoms. The van der Waals surface area contributed by atoms with Crippen molar-refractivity contribution in [2.24, 2.45) is 0 Å². The van der Waals surface area contributed by atoms with E-state index in [0.29, 0.717) is 29.8 Å². The van der Waals surface area contributed by atoms with Gasteiger partial charge in [0, 0.05) is 11.9 Å². The monoisotopic (exact) mass is 383 g/mol. The minimum Gasteiger partial charge on any atom is -0.494 e. The number of carbonyl (C=O) groups is 1. The molecule has 0 saturated carbocycles. The highest BCUT2D eigenvalue weighted by atomic mass is 35.5. The summed E-state index contributed by atoms with van der Waals surface area (Å²) in [6.07, 6.45) is 4.32. The lowest BCUT2D eigenvalue weighted by Crippen LogP contribution is -2.10. The summed E-state index contributed by atoms with van der Waals surface area (Å²) >= 11 is 1.40. The zero-order valence-electron chi connectivity index (χ0n) is 14.4. The van der Waals surface area contributed by atoms with Crippen LogP contribution in [0.3, 0.4) is 0 Å². The Kier molecular flexibility index (Phi) is 9.08. The summed E-state index contributed by atoms with van der Waals surface area (Å²) in [4.78, 5) is 20.6. The van der Waals surface area contributed by atoms with Crippen molar-refractivity contribution in [2.45, 2.75) is 25.4 Å². The molecule has 1 aromatic carbocycles. The van der Waals surface area contributed by atoms with Gasteiger partial charge in [-0.25, -0.2) is 14.8 Å². The van der Waals surface area contributed by atoms with E-state index in [2.05, 4.69) is 22.2 Å². The Balaban J connectivity index is 0.00000312. The van der Waals surface area contributed by atoms with Crippen molar-refractivity contribution in [3.05, 3.63) is 36.0 Å². The van der Waals surface area contributed by atoms with Gasteiger partial charge in [-0.2, -0.15) is 0 Å². The van der Waals surface area contributed by atoms with Gasteiger partial charge in [0.1, 0.15) is 17.1 Å². The summed E-state index contributed by atoms with van der Waals surface area (Å²) in [6, 6.07) is 7.50. The van der Waals surface area contributed by atoms with Gasteiger partial charge in [-0.05, 0) is 43.9 Å². The molecule has 0 spiro atoms. The number of nitrogens with one attached hydrogen (secondary N) is 1. The molecule has 0 atom stereocenters. The van der Waals surface area contributed by atoms with Crippen LogP contribution >= 0.6 is 24.2 Å². The zero-order chi connectivity index (χ0) is 17.4. The molecule has 0 bridgehead atoms. The van der Waals surface area contributed by atoms with Crippen molar-refractivity contribution >= 4 is 41.6 Å². The molecule has 0 aliphatic heterocycles. The molecule has 0 aliphatic rings. The third kappa shape index (κ3) is 6.10. The number of rotatable bonds is 8. The summed E-state index contributed by atoms with van der Waals surface area (Å²) in [7, 11) is 0. The van der Waals surface area contributed by atoms with Gasteiger partial charge in [-0.1, -0.05) is 18.7 Å². The molecule has 2 rings (SSSR count). The fourth-order valence-corrected chi connectivity index (χ4v) is 2.25. The molecule has 25 heavy (non-hydrogen) atoms. The standard InChI is InChI=1S/C17H21N3O3S.ClH/c1-4-10-23-13-8-6-12(7-9-13)19-15-14(16(21)22-5-2)11-18-17(20-15)24-3;/h6-9,11H,4-5,10H2,1-3H3,(H,18,19,20);1H. The number of hydrogen-bond donors (Lipinski definition) is 1. The minimum atomic E-state index is -0.449. The Morgan fingerprint density at radius 3 is 2.56 bits per heavy atom. The second kappa shape index (κ2) is 10.8. The molecule has 136 valence electrons. The van der Waals surface area contributed by atoms with Gasteiger partial charge in [0.05, 0.1) is 13.2 Å². The first-order chi connectivity index (χ1) is 11.7. The van der Waals surface area contributed by atoms with Crippen LogP contribution in [0.25, 0.3) is 0 Å². The average molecular weight is 384 g/mol. The molecule has 1 aromatic heterocycles. The Labute approximate surface area is 158 Å². The molecule has 6 nitrogen and oxygen atoms in total. The molecule has 0 radical (unpaired) electrons. The summed E-state index contributed by atoms with van der Waals surface area (Å²) in [6.45, 7) is 4.80. The smallest absolute Gasteiger partial charge is 0.343 e. The summed E-state index contributed by atoms with van der Waals surface area (Å²) < 4.78 is 10.6. The molecule has 2 aromatic rings. The third-order valence-electron chi connectivity index (χ3n) is 3.03. The van der Waals surface area contributed by atoms with E-state index in [1.54, 1.807) is 6.92 Å². The summed E-state index contributed by atoms with van der Waals surface area (Å²) in [5, 5.41) is 3.73. The Bertz CT molecular complexity index is 683. The molecule has 0 aliphatic carbocycles. The largest absolute Gasteiger partial charge is 0.494 e. The highest BCUT2D eigenvalue weighted by Crippen LogP contribution is 2.23. The summed E-state index contributed by atoms with van der Waals surface area (Å²) in [5.41, 5.74) is 1.11. The number of benzene rings is 1. The maximum absolute atomic E-state index is 12.1. The van der Waals surface area contributed by atoms with Gasteiger partial charge in [-0.3, -0.25) is 0 Å². The molecular formula is C17H22ClN3O3S. The minimum absolute atomic E-state index is 0. The Morgan fingerprint density at radius 1 is 1.24 bits per heavy atom. The first kappa shape index (κ1) is 21.1. The number of ether oxygens (including phenoxy) is 2. The highest BCUT2D eigenvalue weighted by Gasteiger charge is 2.16. The van der Waals surface area contributed by atoms with Crippen molar-refractivity contribution in [2.75, 3.05) is 24.8 Å². The highest BCUT2D eigenvalue weighted by molar-refractivity contribution is 7.98. The average Bonchev–Trinajstić information content (AvgIpc) is 2.61. The van der Waals surface area contributed by atoms with E-state index in [0.717, 1.165) is 17.9 Å². The van der Waals surface area contributed by atoms with E-state index >= 15 is 0 Å². The number of hydrogen-bond acceptors (Lipinski definition) is 7. The van der Waals surface area contributed by atoms with Crippen LogP contribution in [0, 0.1) is 0 Å². The topological polar surface area (TPSA) is 73.3 Å². The van der Waals surface area contributed by atoms with Crippen LogP contribution < -0.4 is 10.1 Å². The third-order valence-corrected chi connectivity index (χ3v) is 3.60. The summed E-state index contributed by atoms with van der Waals surface area (Å²) in [5.74, 6) is 0.783. The molecule has 0 saturated heterocycles. The van der Waals surface area contributed by atoms with E-state index in [1.165, 1.54) is 18.0 Å². The van der Waals surface area contributed by atoms with Gasteiger partial charge in [-0.15, -0.1) is 12.4 Å². The zero-order valence-corrected chi connectivity index (χ0v) is 16.1. The lowest BCUT2D eigenvalue weighted by atomic mass is 10.2. The van der Waals surface area contributed by atoms with Crippen molar-refractivity contribution in [3.63, 3.8) is 0 Å². The van der Waals surface area contributed by atoms with Gasteiger partial charge in [0.2, 0.25) is 0 Å². The van der Waals surface area contributed by atoms with E-state index in [1.807, 2.05) is 30.5 Å². The number of thioether (sulfide) groups is 1. The molecular weight excluding hydrogens is 362 g/mol. The number of carbonyl (C=O) groups excluding carboxylic acids is 1. The number of anilines is 2. The Hall–Kier alpha value is -1.99. The second-order valence-electron chi connectivity index (χ2n) is 4.84. The van der Waals surface area contributed by atoms with Crippen LogP contribution in [0.4, 0.5) is 11.5 Å². The number of halogens is 1. The Morgan fingerprint density at radius 2 is 1.96 bits per heavy atom. The predicted molar refractivity (Wildman–Crippen MR) is 103 cm³/mol. The molecule has 0 unspecified atom stereocenters. The molecule has 1 heterocycles. The van der Waals surface area contributed by atoms with E-state index < -0.39 is 5.97 Å².